The maximum atomic E-state index is 14.3. The minimum absolute atomic E-state index is 0.00355. The van der Waals surface area contributed by atoms with Crippen LogP contribution < -0.4 is 4.90 Å². The Morgan fingerprint density at radius 1 is 1.19 bits per heavy atom. The maximum Gasteiger partial charge on any atom is 0.261 e. The second-order valence-corrected chi connectivity index (χ2v) is 10.6. The molecule has 1 aliphatic heterocycles. The molecule has 10 heteroatoms. The van der Waals surface area contributed by atoms with E-state index in [1.807, 2.05) is 0 Å². The van der Waals surface area contributed by atoms with Gasteiger partial charge in [0.2, 0.25) is 0 Å². The number of hydrogen-bond acceptors (Lipinski definition) is 7. The summed E-state index contributed by atoms with van der Waals surface area (Å²) in [5.74, 6) is -1.04. The number of amides is 1. The molecule has 2 heterocycles. The van der Waals surface area contributed by atoms with Crippen LogP contribution in [0.2, 0.25) is 0 Å². The van der Waals surface area contributed by atoms with Crippen LogP contribution in [0, 0.1) is 5.82 Å². The van der Waals surface area contributed by atoms with Crippen molar-refractivity contribution < 1.29 is 22.3 Å². The number of rotatable bonds is 7. The van der Waals surface area contributed by atoms with Crippen LogP contribution in [0.15, 0.2) is 47.4 Å². The van der Waals surface area contributed by atoms with Gasteiger partial charge in [0.15, 0.2) is 15.0 Å². The van der Waals surface area contributed by atoms with E-state index in [-0.39, 0.29) is 21.7 Å². The van der Waals surface area contributed by atoms with Gasteiger partial charge >= 0.3 is 0 Å². The highest BCUT2D eigenvalue weighted by atomic mass is 32.2. The van der Waals surface area contributed by atoms with Gasteiger partial charge in [-0.05, 0) is 24.3 Å². The summed E-state index contributed by atoms with van der Waals surface area (Å²) in [6.07, 6.45) is 0. The molecule has 1 amide bonds. The SMILES string of the molecule is CCS(=O)(=O)c1ccccc1C(=O)N(CCN1CCOCC1)c1nc2c(F)cccc2s1. The van der Waals surface area contributed by atoms with E-state index in [1.54, 1.807) is 31.2 Å². The largest absolute Gasteiger partial charge is 0.379 e. The zero-order chi connectivity index (χ0) is 22.7. The maximum absolute atomic E-state index is 14.3. The smallest absolute Gasteiger partial charge is 0.261 e. The Balaban J connectivity index is 1.73. The van der Waals surface area contributed by atoms with Crippen LogP contribution in [-0.2, 0) is 14.6 Å². The Morgan fingerprint density at radius 2 is 1.94 bits per heavy atom. The van der Waals surface area contributed by atoms with Gasteiger partial charge in [-0.25, -0.2) is 17.8 Å². The molecule has 2 aromatic carbocycles. The van der Waals surface area contributed by atoms with Gasteiger partial charge in [-0.15, -0.1) is 0 Å². The summed E-state index contributed by atoms with van der Waals surface area (Å²) >= 11 is 1.21. The molecule has 1 saturated heterocycles. The van der Waals surface area contributed by atoms with Crippen molar-refractivity contribution in [3.63, 3.8) is 0 Å². The summed E-state index contributed by atoms with van der Waals surface area (Å²) in [5.41, 5.74) is 0.294. The predicted octanol–water partition coefficient (Wildman–Crippen LogP) is 3.21. The summed E-state index contributed by atoms with van der Waals surface area (Å²) in [7, 11) is -3.61. The fraction of sp³-hybridized carbons (Fsp3) is 0.364. The molecule has 0 aliphatic carbocycles. The minimum atomic E-state index is -3.61. The highest BCUT2D eigenvalue weighted by molar-refractivity contribution is 7.91. The molecule has 1 fully saturated rings. The lowest BCUT2D eigenvalue weighted by atomic mass is 10.2. The van der Waals surface area contributed by atoms with Crippen molar-refractivity contribution in [1.82, 2.24) is 9.88 Å². The third-order valence-electron chi connectivity index (χ3n) is 5.41. The van der Waals surface area contributed by atoms with Crippen LogP contribution in [0.5, 0.6) is 0 Å². The van der Waals surface area contributed by atoms with Gasteiger partial charge in [0, 0.05) is 26.2 Å². The van der Waals surface area contributed by atoms with Gasteiger partial charge < -0.3 is 4.74 Å². The number of aromatic nitrogens is 1. The fourth-order valence-corrected chi connectivity index (χ4v) is 5.68. The Kier molecular flexibility index (Phi) is 6.85. The zero-order valence-corrected chi connectivity index (χ0v) is 19.3. The van der Waals surface area contributed by atoms with Gasteiger partial charge in [0.25, 0.3) is 5.91 Å². The zero-order valence-electron chi connectivity index (χ0n) is 17.7. The van der Waals surface area contributed by atoms with E-state index in [1.165, 1.54) is 34.4 Å². The van der Waals surface area contributed by atoms with Crippen LogP contribution in [0.3, 0.4) is 0 Å². The number of para-hydroxylation sites is 1. The van der Waals surface area contributed by atoms with Crippen LogP contribution in [0.1, 0.15) is 17.3 Å². The number of morpholine rings is 1. The van der Waals surface area contributed by atoms with Gasteiger partial charge in [-0.3, -0.25) is 14.6 Å². The predicted molar refractivity (Wildman–Crippen MR) is 123 cm³/mol. The Bertz CT molecular complexity index is 1220. The number of thiazole rings is 1. The average molecular weight is 478 g/mol. The topological polar surface area (TPSA) is 79.8 Å². The summed E-state index contributed by atoms with van der Waals surface area (Å²) < 4.78 is 45.5. The lowest BCUT2D eigenvalue weighted by Crippen LogP contribution is -2.43. The number of anilines is 1. The molecule has 0 spiro atoms. The number of fused-ring (bicyclic) bond motifs is 1. The Hall–Kier alpha value is -2.40. The van der Waals surface area contributed by atoms with Crippen LogP contribution in [0.25, 0.3) is 10.2 Å². The van der Waals surface area contributed by atoms with Crippen LogP contribution >= 0.6 is 11.3 Å². The first-order chi connectivity index (χ1) is 15.4. The summed E-state index contributed by atoms with van der Waals surface area (Å²) in [4.78, 5) is 21.7. The van der Waals surface area contributed by atoms with Gasteiger partial charge in [0.1, 0.15) is 11.3 Å². The molecular weight excluding hydrogens is 453 g/mol. The first kappa shape index (κ1) is 22.8. The molecule has 0 radical (unpaired) electrons. The summed E-state index contributed by atoms with van der Waals surface area (Å²) in [6, 6.07) is 10.9. The van der Waals surface area contributed by atoms with Gasteiger partial charge in [0.05, 0.1) is 34.1 Å². The molecule has 170 valence electrons. The van der Waals surface area contributed by atoms with E-state index >= 15 is 0 Å². The Morgan fingerprint density at radius 3 is 2.66 bits per heavy atom. The average Bonchev–Trinajstić information content (AvgIpc) is 3.25. The first-order valence-corrected chi connectivity index (χ1v) is 12.9. The van der Waals surface area contributed by atoms with Crippen molar-refractivity contribution in [3.05, 3.63) is 53.8 Å². The van der Waals surface area contributed by atoms with E-state index in [0.717, 1.165) is 13.1 Å². The van der Waals surface area contributed by atoms with Crippen molar-refractivity contribution in [2.24, 2.45) is 0 Å². The van der Waals surface area contributed by atoms with E-state index in [0.29, 0.717) is 36.1 Å². The highest BCUT2D eigenvalue weighted by Gasteiger charge is 2.28. The molecule has 3 aromatic rings. The van der Waals surface area contributed by atoms with Crippen molar-refractivity contribution in [2.75, 3.05) is 50.0 Å². The normalized spacial score (nSPS) is 15.2. The van der Waals surface area contributed by atoms with Crippen LogP contribution in [-0.4, -0.2) is 69.4 Å². The number of hydrogen-bond donors (Lipinski definition) is 0. The van der Waals surface area contributed by atoms with Crippen LogP contribution in [0.4, 0.5) is 9.52 Å². The molecule has 0 unspecified atom stereocenters. The number of nitrogens with zero attached hydrogens (tertiary/aromatic N) is 3. The second-order valence-electron chi connectivity index (χ2n) is 7.39. The number of halogens is 1. The van der Waals surface area contributed by atoms with E-state index in [9.17, 15) is 17.6 Å². The molecule has 1 aliphatic rings. The van der Waals surface area contributed by atoms with Gasteiger partial charge in [-0.1, -0.05) is 36.5 Å². The molecule has 32 heavy (non-hydrogen) atoms. The molecule has 4 rings (SSSR count). The third kappa shape index (κ3) is 4.68. The lowest BCUT2D eigenvalue weighted by Gasteiger charge is -2.29. The summed E-state index contributed by atoms with van der Waals surface area (Å²) in [6.45, 7) is 5.14. The summed E-state index contributed by atoms with van der Waals surface area (Å²) in [5, 5.41) is 0.340. The highest BCUT2D eigenvalue weighted by Crippen LogP contribution is 2.32. The molecule has 0 atom stereocenters. The first-order valence-electron chi connectivity index (χ1n) is 10.4. The van der Waals surface area contributed by atoms with Crippen molar-refractivity contribution in [2.45, 2.75) is 11.8 Å². The molecule has 0 bridgehead atoms. The third-order valence-corrected chi connectivity index (χ3v) is 8.24. The molecule has 1 aromatic heterocycles. The van der Waals surface area contributed by atoms with E-state index < -0.39 is 21.6 Å². The molecule has 0 N–H and O–H groups in total. The minimum Gasteiger partial charge on any atom is -0.379 e. The molecule has 0 saturated carbocycles. The van der Waals surface area contributed by atoms with E-state index in [4.69, 9.17) is 4.74 Å². The number of carbonyl (C=O) groups is 1. The lowest BCUT2D eigenvalue weighted by molar-refractivity contribution is 0.0391. The number of ether oxygens (including phenoxy) is 1. The molecular formula is C22H24FN3O4S2. The van der Waals surface area contributed by atoms with Crippen molar-refractivity contribution in [3.8, 4) is 0 Å². The fourth-order valence-electron chi connectivity index (χ4n) is 3.58. The monoisotopic (exact) mass is 477 g/mol. The standard InChI is InChI=1S/C22H24FN3O4S2/c1-2-32(28,29)19-9-4-3-6-16(19)21(27)26(11-10-25-12-14-30-15-13-25)22-24-20-17(23)7-5-8-18(20)31-22/h3-9H,2,10-15H2,1H3. The quantitative estimate of drug-likeness (QED) is 0.520. The Labute approximate surface area is 190 Å². The van der Waals surface area contributed by atoms with Crippen molar-refractivity contribution in [1.29, 1.82) is 0 Å². The van der Waals surface area contributed by atoms with Crippen molar-refractivity contribution >= 4 is 42.4 Å². The number of sulfone groups is 1. The van der Waals surface area contributed by atoms with Gasteiger partial charge in [-0.2, -0.15) is 0 Å². The van der Waals surface area contributed by atoms with E-state index in [2.05, 4.69) is 9.88 Å². The molecule has 7 nitrogen and oxygen atoms in total. The number of carbonyl (C=O) groups excluding carboxylic acids is 1. The second kappa shape index (κ2) is 9.62. The number of benzene rings is 2.